The molecular weight excluding hydrogens is 357 g/mol. The van der Waals surface area contributed by atoms with Crippen LogP contribution in [-0.4, -0.2) is 12.1 Å². The molecule has 0 aliphatic rings. The summed E-state index contributed by atoms with van der Waals surface area (Å²) in [5.41, 5.74) is 1.63. The van der Waals surface area contributed by atoms with Gasteiger partial charge in [-0.1, -0.05) is 29.8 Å². The Balaban J connectivity index is 0.00000182. The molecule has 0 aliphatic carbocycles. The van der Waals surface area contributed by atoms with Crippen molar-refractivity contribution < 1.29 is 9.47 Å². The zero-order valence-electron chi connectivity index (χ0n) is 13.4. The molecule has 0 atom stereocenters. The number of rotatable bonds is 3. The number of aromatic nitrogens is 1. The number of hydrogen-bond acceptors (Lipinski definition) is 3. The third-order valence-corrected chi connectivity index (χ3v) is 4.09. The molecule has 0 saturated heterocycles. The first kappa shape index (κ1) is 17.3. The van der Waals surface area contributed by atoms with E-state index in [-0.39, 0.29) is 12.4 Å². The van der Waals surface area contributed by atoms with Crippen molar-refractivity contribution in [2.24, 2.45) is 0 Å². The summed E-state index contributed by atoms with van der Waals surface area (Å²) >= 11 is 6.13. The molecular formula is C20H15Cl2NO2. The molecule has 3 nitrogen and oxygen atoms in total. The molecule has 0 fully saturated rings. The predicted molar refractivity (Wildman–Crippen MR) is 105 cm³/mol. The molecule has 126 valence electrons. The summed E-state index contributed by atoms with van der Waals surface area (Å²) < 4.78 is 11.6. The van der Waals surface area contributed by atoms with Crippen LogP contribution in [0.5, 0.6) is 17.2 Å². The van der Waals surface area contributed by atoms with Gasteiger partial charge >= 0.3 is 0 Å². The average Bonchev–Trinajstić information content (AvgIpc) is 2.62. The zero-order chi connectivity index (χ0) is 16.5. The number of methoxy groups -OCH3 is 1. The lowest BCUT2D eigenvalue weighted by molar-refractivity contribution is 0.415. The van der Waals surface area contributed by atoms with Gasteiger partial charge in [-0.15, -0.1) is 12.4 Å². The maximum absolute atomic E-state index is 6.21. The summed E-state index contributed by atoms with van der Waals surface area (Å²) in [5.74, 6) is 2.27. The van der Waals surface area contributed by atoms with Gasteiger partial charge in [0, 0.05) is 15.8 Å². The van der Waals surface area contributed by atoms with Crippen LogP contribution >= 0.6 is 24.0 Å². The maximum Gasteiger partial charge on any atom is 0.146 e. The Hall–Kier alpha value is -2.49. The van der Waals surface area contributed by atoms with Gasteiger partial charge in [-0.05, 0) is 48.5 Å². The Labute approximate surface area is 156 Å². The molecule has 4 rings (SSSR count). The van der Waals surface area contributed by atoms with Crippen molar-refractivity contribution >= 4 is 45.8 Å². The standard InChI is InChI=1S/C20H14ClNO2.ClH/c1-23-15-8-10-18-17(12-15)20(24-14-5-3-2-4-6-14)16-9-7-13(21)11-19(16)22-18;/h2-12H,1H3;1H. The van der Waals surface area contributed by atoms with E-state index in [9.17, 15) is 0 Å². The van der Waals surface area contributed by atoms with Crippen LogP contribution in [0.2, 0.25) is 5.02 Å². The van der Waals surface area contributed by atoms with Crippen LogP contribution in [0.3, 0.4) is 0 Å². The number of fused-ring (bicyclic) bond motifs is 2. The highest BCUT2D eigenvalue weighted by Crippen LogP contribution is 2.38. The van der Waals surface area contributed by atoms with E-state index in [1.54, 1.807) is 7.11 Å². The van der Waals surface area contributed by atoms with Crippen molar-refractivity contribution in [3.63, 3.8) is 0 Å². The fraction of sp³-hybridized carbons (Fsp3) is 0.0500. The van der Waals surface area contributed by atoms with Crippen LogP contribution in [0, 0.1) is 0 Å². The highest BCUT2D eigenvalue weighted by atomic mass is 35.5. The van der Waals surface area contributed by atoms with Crippen LogP contribution < -0.4 is 9.47 Å². The van der Waals surface area contributed by atoms with Crippen molar-refractivity contribution in [3.05, 3.63) is 71.8 Å². The summed E-state index contributed by atoms with van der Waals surface area (Å²) in [6.45, 7) is 0. The second-order valence-electron chi connectivity index (χ2n) is 5.40. The van der Waals surface area contributed by atoms with Crippen LogP contribution in [0.4, 0.5) is 0 Å². The molecule has 0 N–H and O–H groups in total. The minimum Gasteiger partial charge on any atom is -0.497 e. The van der Waals surface area contributed by atoms with Gasteiger partial charge in [-0.3, -0.25) is 0 Å². The Morgan fingerprint density at radius 2 is 1.60 bits per heavy atom. The van der Waals surface area contributed by atoms with Gasteiger partial charge < -0.3 is 9.47 Å². The van der Waals surface area contributed by atoms with Gasteiger partial charge in [0.25, 0.3) is 0 Å². The first-order valence-electron chi connectivity index (χ1n) is 7.54. The van der Waals surface area contributed by atoms with E-state index < -0.39 is 0 Å². The second-order valence-corrected chi connectivity index (χ2v) is 5.84. The zero-order valence-corrected chi connectivity index (χ0v) is 15.0. The van der Waals surface area contributed by atoms with Crippen molar-refractivity contribution in [2.45, 2.75) is 0 Å². The Bertz CT molecular complexity index is 1040. The monoisotopic (exact) mass is 371 g/mol. The lowest BCUT2D eigenvalue weighted by atomic mass is 10.1. The van der Waals surface area contributed by atoms with Gasteiger partial charge in [0.05, 0.1) is 18.1 Å². The number of benzene rings is 3. The molecule has 0 saturated carbocycles. The molecule has 0 aliphatic heterocycles. The van der Waals surface area contributed by atoms with Crippen LogP contribution in [0.15, 0.2) is 66.7 Å². The van der Waals surface area contributed by atoms with Crippen LogP contribution in [0.25, 0.3) is 21.8 Å². The molecule has 0 radical (unpaired) electrons. The van der Waals surface area contributed by atoms with Gasteiger partial charge in [-0.25, -0.2) is 4.98 Å². The minimum absolute atomic E-state index is 0. The van der Waals surface area contributed by atoms with E-state index >= 15 is 0 Å². The summed E-state index contributed by atoms with van der Waals surface area (Å²) in [5, 5.41) is 2.45. The quantitative estimate of drug-likeness (QED) is 0.398. The molecule has 5 heteroatoms. The normalized spacial score (nSPS) is 10.5. The average molecular weight is 372 g/mol. The number of hydrogen-bond donors (Lipinski definition) is 0. The Kier molecular flexibility index (Phi) is 4.98. The first-order valence-corrected chi connectivity index (χ1v) is 7.92. The van der Waals surface area contributed by atoms with Gasteiger partial charge in [0.15, 0.2) is 0 Å². The van der Waals surface area contributed by atoms with E-state index in [1.165, 1.54) is 0 Å². The highest BCUT2D eigenvalue weighted by molar-refractivity contribution is 6.31. The summed E-state index contributed by atoms with van der Waals surface area (Å²) in [6.07, 6.45) is 0. The lowest BCUT2D eigenvalue weighted by Crippen LogP contribution is -1.92. The van der Waals surface area contributed by atoms with Crippen LogP contribution in [0.1, 0.15) is 0 Å². The van der Waals surface area contributed by atoms with Gasteiger partial charge in [0.2, 0.25) is 0 Å². The number of pyridine rings is 1. The summed E-state index contributed by atoms with van der Waals surface area (Å²) in [6, 6.07) is 21.1. The smallest absolute Gasteiger partial charge is 0.146 e. The fourth-order valence-electron chi connectivity index (χ4n) is 2.70. The molecule has 0 amide bonds. The fourth-order valence-corrected chi connectivity index (χ4v) is 2.87. The third-order valence-electron chi connectivity index (χ3n) is 3.86. The van der Waals surface area contributed by atoms with E-state index in [0.717, 1.165) is 39.1 Å². The van der Waals surface area contributed by atoms with Gasteiger partial charge in [0.1, 0.15) is 17.2 Å². The third kappa shape index (κ3) is 3.34. The predicted octanol–water partition coefficient (Wildman–Crippen LogP) is 6.26. The van der Waals surface area contributed by atoms with Crippen molar-refractivity contribution in [1.82, 2.24) is 4.98 Å². The topological polar surface area (TPSA) is 31.4 Å². The number of halogens is 2. The molecule has 0 spiro atoms. The maximum atomic E-state index is 6.21. The molecule has 1 aromatic heterocycles. The molecule has 4 aromatic rings. The van der Waals surface area contributed by atoms with Gasteiger partial charge in [-0.2, -0.15) is 0 Å². The largest absolute Gasteiger partial charge is 0.497 e. The Morgan fingerprint density at radius 3 is 2.36 bits per heavy atom. The number of para-hydroxylation sites is 1. The van der Waals surface area contributed by atoms with Crippen molar-refractivity contribution in [2.75, 3.05) is 7.11 Å². The highest BCUT2D eigenvalue weighted by Gasteiger charge is 2.13. The van der Waals surface area contributed by atoms with E-state index in [1.807, 2.05) is 66.7 Å². The molecule has 1 heterocycles. The van der Waals surface area contributed by atoms with E-state index in [2.05, 4.69) is 0 Å². The second kappa shape index (κ2) is 7.18. The van der Waals surface area contributed by atoms with E-state index in [4.69, 9.17) is 26.1 Å². The molecule has 25 heavy (non-hydrogen) atoms. The number of ether oxygens (including phenoxy) is 2. The number of nitrogens with zero attached hydrogens (tertiary/aromatic N) is 1. The van der Waals surface area contributed by atoms with Crippen LogP contribution in [-0.2, 0) is 0 Å². The molecule has 0 unspecified atom stereocenters. The minimum atomic E-state index is 0. The SMILES string of the molecule is COc1ccc2nc3cc(Cl)ccc3c(Oc3ccccc3)c2c1.Cl. The molecule has 0 bridgehead atoms. The lowest BCUT2D eigenvalue weighted by Gasteiger charge is -2.13. The first-order chi connectivity index (χ1) is 11.7. The van der Waals surface area contributed by atoms with E-state index in [0.29, 0.717) is 5.02 Å². The summed E-state index contributed by atoms with van der Waals surface area (Å²) in [7, 11) is 1.65. The Morgan fingerprint density at radius 1 is 0.800 bits per heavy atom. The van der Waals surface area contributed by atoms with Crippen molar-refractivity contribution in [3.8, 4) is 17.2 Å². The summed E-state index contributed by atoms with van der Waals surface area (Å²) in [4.78, 5) is 4.70. The molecule has 3 aromatic carbocycles. The van der Waals surface area contributed by atoms with Crippen molar-refractivity contribution in [1.29, 1.82) is 0 Å².